The second-order valence-electron chi connectivity index (χ2n) is 8.64. The van der Waals surface area contributed by atoms with Gasteiger partial charge in [-0.05, 0) is 43.6 Å². The molecule has 2 fully saturated rings. The summed E-state index contributed by atoms with van der Waals surface area (Å²) in [4.78, 5) is 32.0. The Bertz CT molecular complexity index is 975. The number of aromatic nitrogens is 2. The van der Waals surface area contributed by atoms with Gasteiger partial charge in [-0.1, -0.05) is 43.2 Å². The Kier molecular flexibility index (Phi) is 4.64. The highest BCUT2D eigenvalue weighted by Crippen LogP contribution is 2.42. The van der Waals surface area contributed by atoms with Crippen LogP contribution in [0, 0.1) is 5.92 Å². The van der Waals surface area contributed by atoms with Gasteiger partial charge < -0.3 is 14.6 Å². The molecule has 3 aliphatic rings. The monoisotopic (exact) mass is 393 g/mol. The van der Waals surface area contributed by atoms with Crippen LogP contribution in [0.25, 0.3) is 0 Å². The lowest BCUT2D eigenvalue weighted by atomic mass is 9.83. The van der Waals surface area contributed by atoms with Gasteiger partial charge in [-0.25, -0.2) is 0 Å². The molecular formula is C23H27N3O3. The normalized spacial score (nSPS) is 21.1. The fourth-order valence-corrected chi connectivity index (χ4v) is 5.32. The van der Waals surface area contributed by atoms with E-state index in [-0.39, 0.29) is 23.6 Å². The molecule has 1 N–H and O–H groups in total. The molecule has 1 unspecified atom stereocenters. The van der Waals surface area contributed by atoms with Crippen molar-refractivity contribution in [3.05, 3.63) is 57.8 Å². The van der Waals surface area contributed by atoms with E-state index in [0.29, 0.717) is 24.8 Å². The molecule has 2 aliphatic carbocycles. The van der Waals surface area contributed by atoms with E-state index < -0.39 is 11.3 Å². The van der Waals surface area contributed by atoms with Crippen LogP contribution in [0.3, 0.4) is 0 Å². The summed E-state index contributed by atoms with van der Waals surface area (Å²) in [6.07, 6.45) is 7.68. The quantitative estimate of drug-likeness (QED) is 0.865. The first-order valence-electron chi connectivity index (χ1n) is 10.8. The number of fused-ring (bicyclic) bond motifs is 1. The van der Waals surface area contributed by atoms with E-state index in [4.69, 9.17) is 0 Å². The van der Waals surface area contributed by atoms with Crippen molar-refractivity contribution in [3.63, 3.8) is 0 Å². The second kappa shape index (κ2) is 7.32. The van der Waals surface area contributed by atoms with Crippen molar-refractivity contribution < 1.29 is 9.90 Å². The first kappa shape index (κ1) is 18.4. The number of carbonyl (C=O) groups is 1. The second-order valence-corrected chi connectivity index (χ2v) is 8.64. The molecule has 6 nitrogen and oxygen atoms in total. The molecule has 0 radical (unpaired) electrons. The first-order chi connectivity index (χ1) is 14.1. The van der Waals surface area contributed by atoms with Gasteiger partial charge in [0.05, 0.1) is 0 Å². The van der Waals surface area contributed by atoms with E-state index >= 15 is 0 Å². The lowest BCUT2D eigenvalue weighted by molar-refractivity contribution is 0.0499. The lowest BCUT2D eigenvalue weighted by Gasteiger charge is -2.41. The molecular weight excluding hydrogens is 366 g/mol. The summed E-state index contributed by atoms with van der Waals surface area (Å²) in [6.45, 7) is 1.18. The number of amides is 1. The van der Waals surface area contributed by atoms with E-state index in [0.717, 1.165) is 37.7 Å². The molecule has 1 amide bonds. The predicted octanol–water partition coefficient (Wildman–Crippen LogP) is 3.28. The van der Waals surface area contributed by atoms with Gasteiger partial charge >= 0.3 is 5.56 Å². The fraction of sp³-hybridized carbons (Fsp3) is 0.522. The Morgan fingerprint density at radius 2 is 1.69 bits per heavy atom. The van der Waals surface area contributed by atoms with Gasteiger partial charge in [-0.3, -0.25) is 9.59 Å². The van der Waals surface area contributed by atoms with E-state index in [9.17, 15) is 14.7 Å². The minimum Gasteiger partial charge on any atom is -0.501 e. The highest BCUT2D eigenvalue weighted by atomic mass is 16.3. The predicted molar refractivity (Wildman–Crippen MR) is 109 cm³/mol. The summed E-state index contributed by atoms with van der Waals surface area (Å²) in [5, 5.41) is 10.5. The first-order valence-corrected chi connectivity index (χ1v) is 10.8. The third-order valence-corrected chi connectivity index (χ3v) is 7.04. The van der Waals surface area contributed by atoms with Gasteiger partial charge in [0, 0.05) is 25.0 Å². The van der Waals surface area contributed by atoms with Crippen LogP contribution in [0.4, 0.5) is 0 Å². The summed E-state index contributed by atoms with van der Waals surface area (Å²) < 4.78 is 1.84. The SMILES string of the molecule is O=C1c2c(O)c(=O)nc(C(c3ccccc3)C3CCCC3)n2CCN1C1CCC1. The maximum Gasteiger partial charge on any atom is 0.315 e. The van der Waals surface area contributed by atoms with Crippen LogP contribution in [-0.2, 0) is 6.54 Å². The van der Waals surface area contributed by atoms with Crippen molar-refractivity contribution in [2.24, 2.45) is 5.92 Å². The molecule has 1 aromatic heterocycles. The van der Waals surface area contributed by atoms with Crippen molar-refractivity contribution >= 4 is 5.91 Å². The van der Waals surface area contributed by atoms with Crippen molar-refractivity contribution in [1.82, 2.24) is 14.5 Å². The number of rotatable bonds is 4. The number of benzene rings is 1. The van der Waals surface area contributed by atoms with Crippen molar-refractivity contribution in [1.29, 1.82) is 0 Å². The zero-order chi connectivity index (χ0) is 20.0. The Labute approximate surface area is 170 Å². The molecule has 29 heavy (non-hydrogen) atoms. The summed E-state index contributed by atoms with van der Waals surface area (Å²) in [5.41, 5.74) is 0.576. The summed E-state index contributed by atoms with van der Waals surface area (Å²) in [7, 11) is 0. The fourth-order valence-electron chi connectivity index (χ4n) is 5.32. The number of nitrogens with zero attached hydrogens (tertiary/aromatic N) is 3. The van der Waals surface area contributed by atoms with E-state index in [1.165, 1.54) is 12.8 Å². The molecule has 6 heteroatoms. The number of hydrogen-bond acceptors (Lipinski definition) is 4. The minimum absolute atomic E-state index is 0.0335. The third-order valence-electron chi connectivity index (χ3n) is 7.04. The average molecular weight is 393 g/mol. The summed E-state index contributed by atoms with van der Waals surface area (Å²) >= 11 is 0. The smallest absolute Gasteiger partial charge is 0.315 e. The van der Waals surface area contributed by atoms with Crippen LogP contribution in [0.5, 0.6) is 5.75 Å². The van der Waals surface area contributed by atoms with E-state index in [2.05, 4.69) is 17.1 Å². The van der Waals surface area contributed by atoms with Crippen LogP contribution in [-0.4, -0.2) is 38.1 Å². The highest BCUT2D eigenvalue weighted by molar-refractivity contribution is 5.96. The molecule has 2 saturated carbocycles. The number of aromatic hydroxyl groups is 1. The Morgan fingerprint density at radius 3 is 2.34 bits per heavy atom. The van der Waals surface area contributed by atoms with Crippen molar-refractivity contribution in [2.75, 3.05) is 6.54 Å². The van der Waals surface area contributed by atoms with Crippen molar-refractivity contribution in [2.45, 2.75) is 63.5 Å². The maximum absolute atomic E-state index is 13.2. The number of hydrogen-bond donors (Lipinski definition) is 1. The maximum atomic E-state index is 13.2. The van der Waals surface area contributed by atoms with E-state index in [1.807, 2.05) is 27.7 Å². The van der Waals surface area contributed by atoms with E-state index in [1.54, 1.807) is 0 Å². The molecule has 2 aromatic rings. The van der Waals surface area contributed by atoms with Crippen LogP contribution >= 0.6 is 0 Å². The largest absolute Gasteiger partial charge is 0.501 e. The third kappa shape index (κ3) is 3.05. The number of carbonyl (C=O) groups excluding carboxylic acids is 1. The molecule has 152 valence electrons. The molecule has 1 aromatic carbocycles. The topological polar surface area (TPSA) is 75.4 Å². The van der Waals surface area contributed by atoms with Gasteiger partial charge in [0.1, 0.15) is 5.82 Å². The lowest BCUT2D eigenvalue weighted by Crippen LogP contribution is -2.50. The van der Waals surface area contributed by atoms with Crippen LogP contribution in [0.15, 0.2) is 35.1 Å². The van der Waals surface area contributed by atoms with Crippen molar-refractivity contribution in [3.8, 4) is 5.75 Å². The van der Waals surface area contributed by atoms with Gasteiger partial charge in [0.15, 0.2) is 5.69 Å². The Morgan fingerprint density at radius 1 is 0.966 bits per heavy atom. The van der Waals surface area contributed by atoms with Gasteiger partial charge in [0.2, 0.25) is 5.75 Å². The minimum atomic E-state index is -0.686. The molecule has 1 aliphatic heterocycles. The van der Waals surface area contributed by atoms with Crippen LogP contribution in [0.1, 0.15) is 72.7 Å². The molecule has 0 saturated heterocycles. The van der Waals surface area contributed by atoms with Gasteiger partial charge in [-0.2, -0.15) is 4.98 Å². The summed E-state index contributed by atoms with van der Waals surface area (Å²) in [6, 6.07) is 10.4. The Balaban J connectivity index is 1.65. The van der Waals surface area contributed by atoms with Crippen LogP contribution in [0.2, 0.25) is 0 Å². The summed E-state index contributed by atoms with van der Waals surface area (Å²) in [5.74, 6) is 0.278. The molecule has 2 heterocycles. The zero-order valence-electron chi connectivity index (χ0n) is 16.6. The molecule has 5 rings (SSSR count). The van der Waals surface area contributed by atoms with Crippen LogP contribution < -0.4 is 5.56 Å². The molecule has 0 bridgehead atoms. The zero-order valence-corrected chi connectivity index (χ0v) is 16.6. The molecule has 0 spiro atoms. The molecule has 1 atom stereocenters. The Hall–Kier alpha value is -2.63. The van der Waals surface area contributed by atoms with Gasteiger partial charge in [-0.15, -0.1) is 0 Å². The average Bonchev–Trinajstić information content (AvgIpc) is 3.21. The van der Waals surface area contributed by atoms with Gasteiger partial charge in [0.25, 0.3) is 5.91 Å². The standard InChI is InChI=1S/C23H27N3O3/c27-20-19-23(29)25(17-11-6-12-17)13-14-26(19)21(24-22(20)28)18(16-9-4-5-10-16)15-7-2-1-3-8-15/h1-3,7-8,16-18,27H,4-6,9-14H2. The highest BCUT2D eigenvalue weighted by Gasteiger charge is 2.39.